The zero-order valence-electron chi connectivity index (χ0n) is 12.9. The number of hydrogen-bond acceptors (Lipinski definition) is 3. The molecule has 1 N–H and O–H groups in total. The van der Waals surface area contributed by atoms with Crippen LogP contribution in [0.15, 0.2) is 36.5 Å². The van der Waals surface area contributed by atoms with Gasteiger partial charge in [0.2, 0.25) is 0 Å². The topological polar surface area (TPSA) is 28.2 Å². The molecule has 1 saturated heterocycles. The Labute approximate surface area is 127 Å². The van der Waals surface area contributed by atoms with Gasteiger partial charge in [-0.25, -0.2) is 0 Å². The number of aromatic nitrogens is 1. The summed E-state index contributed by atoms with van der Waals surface area (Å²) in [7, 11) is 0. The first-order chi connectivity index (χ1) is 10.3. The molecule has 2 aromatic rings. The summed E-state index contributed by atoms with van der Waals surface area (Å²) in [5, 5.41) is 6.17. The molecule has 0 radical (unpaired) electrons. The zero-order chi connectivity index (χ0) is 14.5. The third-order valence-electron chi connectivity index (χ3n) is 4.35. The van der Waals surface area contributed by atoms with Crippen molar-refractivity contribution in [2.24, 2.45) is 0 Å². The first-order valence-electron chi connectivity index (χ1n) is 8.11. The van der Waals surface area contributed by atoms with Crippen LogP contribution in [0.1, 0.15) is 31.9 Å². The molecule has 0 spiro atoms. The van der Waals surface area contributed by atoms with Gasteiger partial charge in [-0.15, -0.1) is 0 Å². The summed E-state index contributed by atoms with van der Waals surface area (Å²) in [4.78, 5) is 7.13. The highest BCUT2D eigenvalue weighted by Crippen LogP contribution is 2.16. The second kappa shape index (κ2) is 7.01. The molecule has 3 heteroatoms. The van der Waals surface area contributed by atoms with E-state index in [1.54, 1.807) is 0 Å². The van der Waals surface area contributed by atoms with Gasteiger partial charge in [0.05, 0.1) is 5.69 Å². The SMILES string of the molecule is CC(CN1CCCCC1)NCc1nccc2ccccc12. The van der Waals surface area contributed by atoms with E-state index in [4.69, 9.17) is 0 Å². The van der Waals surface area contributed by atoms with E-state index in [-0.39, 0.29) is 0 Å². The highest BCUT2D eigenvalue weighted by atomic mass is 15.1. The lowest BCUT2D eigenvalue weighted by Gasteiger charge is -2.29. The molecule has 0 saturated carbocycles. The maximum Gasteiger partial charge on any atom is 0.0619 e. The van der Waals surface area contributed by atoms with Crippen LogP contribution in [0.3, 0.4) is 0 Å². The quantitative estimate of drug-likeness (QED) is 0.913. The van der Waals surface area contributed by atoms with Crippen molar-refractivity contribution in [3.8, 4) is 0 Å². The maximum absolute atomic E-state index is 4.55. The molecule has 1 atom stereocenters. The molecule has 112 valence electrons. The third kappa shape index (κ3) is 3.80. The smallest absolute Gasteiger partial charge is 0.0619 e. The van der Waals surface area contributed by atoms with Crippen LogP contribution in [0.4, 0.5) is 0 Å². The summed E-state index contributed by atoms with van der Waals surface area (Å²) >= 11 is 0. The first-order valence-corrected chi connectivity index (χ1v) is 8.11. The molecule has 0 amide bonds. The molecule has 0 bridgehead atoms. The Morgan fingerprint density at radius 3 is 2.81 bits per heavy atom. The van der Waals surface area contributed by atoms with Gasteiger partial charge in [0, 0.05) is 30.7 Å². The van der Waals surface area contributed by atoms with Gasteiger partial charge in [-0.3, -0.25) is 4.98 Å². The lowest BCUT2D eigenvalue weighted by Crippen LogP contribution is -2.41. The largest absolute Gasteiger partial charge is 0.307 e. The highest BCUT2D eigenvalue weighted by Gasteiger charge is 2.13. The van der Waals surface area contributed by atoms with Crippen molar-refractivity contribution in [2.45, 2.75) is 38.8 Å². The minimum absolute atomic E-state index is 0.504. The zero-order valence-corrected chi connectivity index (χ0v) is 12.9. The summed E-state index contributed by atoms with van der Waals surface area (Å²) in [6, 6.07) is 11.1. The Bertz CT molecular complexity index is 570. The number of rotatable bonds is 5. The molecule has 1 aromatic carbocycles. The summed E-state index contributed by atoms with van der Waals surface area (Å²) in [5.74, 6) is 0. The number of nitrogens with one attached hydrogen (secondary N) is 1. The van der Waals surface area contributed by atoms with Crippen molar-refractivity contribution in [3.63, 3.8) is 0 Å². The number of pyridine rings is 1. The summed E-state index contributed by atoms with van der Waals surface area (Å²) in [6.07, 6.45) is 6.03. The molecule has 3 nitrogen and oxygen atoms in total. The molecular formula is C18H25N3. The molecular weight excluding hydrogens is 258 g/mol. The second-order valence-corrected chi connectivity index (χ2v) is 6.12. The average molecular weight is 283 g/mol. The molecule has 21 heavy (non-hydrogen) atoms. The van der Waals surface area contributed by atoms with Gasteiger partial charge in [-0.1, -0.05) is 30.7 Å². The van der Waals surface area contributed by atoms with E-state index in [2.05, 4.69) is 52.5 Å². The fraction of sp³-hybridized carbons (Fsp3) is 0.500. The Morgan fingerprint density at radius 2 is 1.95 bits per heavy atom. The van der Waals surface area contributed by atoms with Gasteiger partial charge < -0.3 is 10.2 Å². The molecule has 1 unspecified atom stereocenters. The molecule has 2 heterocycles. The number of fused-ring (bicyclic) bond motifs is 1. The van der Waals surface area contributed by atoms with Gasteiger partial charge in [0.1, 0.15) is 0 Å². The van der Waals surface area contributed by atoms with E-state index in [0.717, 1.165) is 18.8 Å². The van der Waals surface area contributed by atoms with E-state index >= 15 is 0 Å². The van der Waals surface area contributed by atoms with Gasteiger partial charge in [-0.05, 0) is 44.3 Å². The fourth-order valence-corrected chi connectivity index (χ4v) is 3.19. The Morgan fingerprint density at radius 1 is 1.14 bits per heavy atom. The summed E-state index contributed by atoms with van der Waals surface area (Å²) < 4.78 is 0. The van der Waals surface area contributed by atoms with Crippen LogP contribution in [0.2, 0.25) is 0 Å². The highest BCUT2D eigenvalue weighted by molar-refractivity contribution is 5.84. The Kier molecular flexibility index (Phi) is 4.84. The summed E-state index contributed by atoms with van der Waals surface area (Å²) in [5.41, 5.74) is 1.15. The van der Waals surface area contributed by atoms with Crippen molar-refractivity contribution < 1.29 is 0 Å². The van der Waals surface area contributed by atoms with Gasteiger partial charge in [0.25, 0.3) is 0 Å². The molecule has 1 fully saturated rings. The summed E-state index contributed by atoms with van der Waals surface area (Å²) in [6.45, 7) is 6.79. The molecule has 3 rings (SSSR count). The standard InChI is InChI=1S/C18H25N3/c1-15(14-21-11-5-2-6-12-21)20-13-18-17-8-4-3-7-16(17)9-10-19-18/h3-4,7-10,15,20H,2,5-6,11-14H2,1H3. The average Bonchev–Trinajstić information content (AvgIpc) is 2.54. The van der Waals surface area contributed by atoms with Crippen LogP contribution in [-0.2, 0) is 6.54 Å². The van der Waals surface area contributed by atoms with Crippen molar-refractivity contribution >= 4 is 10.8 Å². The van der Waals surface area contributed by atoms with Crippen molar-refractivity contribution in [3.05, 3.63) is 42.2 Å². The van der Waals surface area contributed by atoms with E-state index in [1.165, 1.54) is 43.1 Å². The number of benzene rings is 1. The second-order valence-electron chi connectivity index (χ2n) is 6.12. The van der Waals surface area contributed by atoms with E-state index in [9.17, 15) is 0 Å². The minimum Gasteiger partial charge on any atom is -0.307 e. The lowest BCUT2D eigenvalue weighted by molar-refractivity contribution is 0.209. The molecule has 1 aliphatic heterocycles. The maximum atomic E-state index is 4.55. The number of piperidine rings is 1. The van der Waals surface area contributed by atoms with Crippen LogP contribution >= 0.6 is 0 Å². The van der Waals surface area contributed by atoms with Crippen LogP contribution in [-0.4, -0.2) is 35.6 Å². The molecule has 0 aliphatic carbocycles. The van der Waals surface area contributed by atoms with Crippen molar-refractivity contribution in [1.82, 2.24) is 15.2 Å². The van der Waals surface area contributed by atoms with Crippen LogP contribution < -0.4 is 5.32 Å². The number of nitrogens with zero attached hydrogens (tertiary/aromatic N) is 2. The third-order valence-corrected chi connectivity index (χ3v) is 4.35. The number of likely N-dealkylation sites (tertiary alicyclic amines) is 1. The van der Waals surface area contributed by atoms with E-state index < -0.39 is 0 Å². The number of hydrogen-bond donors (Lipinski definition) is 1. The van der Waals surface area contributed by atoms with Crippen LogP contribution in [0.5, 0.6) is 0 Å². The Balaban J connectivity index is 1.58. The van der Waals surface area contributed by atoms with Gasteiger partial charge in [-0.2, -0.15) is 0 Å². The van der Waals surface area contributed by atoms with Gasteiger partial charge >= 0.3 is 0 Å². The predicted octanol–water partition coefficient (Wildman–Crippen LogP) is 3.20. The Hall–Kier alpha value is -1.45. The monoisotopic (exact) mass is 283 g/mol. The normalized spacial score (nSPS) is 18.0. The minimum atomic E-state index is 0.504. The van der Waals surface area contributed by atoms with Crippen LogP contribution in [0.25, 0.3) is 10.8 Å². The van der Waals surface area contributed by atoms with E-state index in [1.807, 2.05) is 6.20 Å². The molecule has 1 aromatic heterocycles. The molecule has 1 aliphatic rings. The van der Waals surface area contributed by atoms with Gasteiger partial charge in [0.15, 0.2) is 0 Å². The predicted molar refractivity (Wildman–Crippen MR) is 88.3 cm³/mol. The fourth-order valence-electron chi connectivity index (χ4n) is 3.19. The lowest BCUT2D eigenvalue weighted by atomic mass is 10.1. The van der Waals surface area contributed by atoms with E-state index in [0.29, 0.717) is 6.04 Å². The van der Waals surface area contributed by atoms with Crippen molar-refractivity contribution in [2.75, 3.05) is 19.6 Å². The first kappa shape index (κ1) is 14.5. The van der Waals surface area contributed by atoms with Crippen molar-refractivity contribution in [1.29, 1.82) is 0 Å². The van der Waals surface area contributed by atoms with Crippen LogP contribution in [0, 0.1) is 0 Å².